The number of hydrogen-bond donors (Lipinski definition) is 1. The first kappa shape index (κ1) is 14.3. The zero-order valence-corrected chi connectivity index (χ0v) is 11.4. The van der Waals surface area contributed by atoms with Crippen molar-refractivity contribution in [2.24, 2.45) is 0 Å². The second-order valence-corrected chi connectivity index (χ2v) is 5.24. The summed E-state index contributed by atoms with van der Waals surface area (Å²) in [5.41, 5.74) is -0.0205. The minimum atomic E-state index is -0.574. The zero-order chi connectivity index (χ0) is 13.8. The quantitative estimate of drug-likeness (QED) is 0.908. The van der Waals surface area contributed by atoms with Gasteiger partial charge in [-0.2, -0.15) is 0 Å². The molecule has 1 saturated heterocycles. The van der Waals surface area contributed by atoms with Crippen LogP contribution in [-0.4, -0.2) is 35.1 Å². The molecule has 0 aromatic heterocycles. The Balaban J connectivity index is 2.27. The Labute approximate surface area is 117 Å². The van der Waals surface area contributed by atoms with Crippen LogP contribution in [-0.2, 0) is 0 Å². The molecule has 1 aliphatic rings. The molecule has 1 atom stereocenters. The number of rotatable bonds is 2. The van der Waals surface area contributed by atoms with Gasteiger partial charge in [0.25, 0.3) is 5.91 Å². The Morgan fingerprint density at radius 3 is 2.95 bits per heavy atom. The smallest absolute Gasteiger partial charge is 0.257 e. The lowest BCUT2D eigenvalue weighted by Gasteiger charge is -2.28. The summed E-state index contributed by atoms with van der Waals surface area (Å²) in [5.74, 6) is -0.962. The van der Waals surface area contributed by atoms with Crippen LogP contribution in [0.3, 0.4) is 0 Å². The number of nitrogens with zero attached hydrogens (tertiary/aromatic N) is 1. The lowest BCUT2D eigenvalue weighted by Crippen LogP contribution is -2.42. The molecule has 0 aliphatic carbocycles. The minimum Gasteiger partial charge on any atom is -0.394 e. The molecule has 1 aromatic carbocycles. The first-order valence-corrected chi connectivity index (χ1v) is 6.88. The minimum absolute atomic E-state index is 0.0205. The standard InChI is InChI=1S/C14H17ClFNO2/c15-10-5-6-13(16)12(8-10)14(19)17-7-3-1-2-4-11(17)9-18/h5-6,8,11,18H,1-4,7,9H2. The molecule has 1 aromatic rings. The van der Waals surface area contributed by atoms with Crippen molar-refractivity contribution in [1.29, 1.82) is 0 Å². The summed E-state index contributed by atoms with van der Waals surface area (Å²) in [5, 5.41) is 9.73. The highest BCUT2D eigenvalue weighted by Gasteiger charge is 2.27. The molecule has 0 bridgehead atoms. The largest absolute Gasteiger partial charge is 0.394 e. The first-order chi connectivity index (χ1) is 9.13. The van der Waals surface area contributed by atoms with Crippen LogP contribution in [0.2, 0.25) is 5.02 Å². The van der Waals surface area contributed by atoms with E-state index in [1.165, 1.54) is 18.2 Å². The molecule has 0 saturated carbocycles. The van der Waals surface area contributed by atoms with Gasteiger partial charge in [0.05, 0.1) is 18.2 Å². The normalized spacial score (nSPS) is 20.2. The average Bonchev–Trinajstić information content (AvgIpc) is 2.65. The van der Waals surface area contributed by atoms with Crippen molar-refractivity contribution >= 4 is 17.5 Å². The molecule has 19 heavy (non-hydrogen) atoms. The van der Waals surface area contributed by atoms with E-state index in [1.54, 1.807) is 4.90 Å². The lowest BCUT2D eigenvalue weighted by atomic mass is 10.1. The van der Waals surface area contributed by atoms with Crippen molar-refractivity contribution < 1.29 is 14.3 Å². The van der Waals surface area contributed by atoms with Gasteiger partial charge in [-0.15, -0.1) is 0 Å². The Kier molecular flexibility index (Phi) is 4.77. The Bertz CT molecular complexity index is 467. The zero-order valence-electron chi connectivity index (χ0n) is 10.6. The number of carbonyl (C=O) groups excluding carboxylic acids is 1. The highest BCUT2D eigenvalue weighted by atomic mass is 35.5. The molecule has 0 radical (unpaired) electrons. The Hall–Kier alpha value is -1.13. The summed E-state index contributed by atoms with van der Waals surface area (Å²) in [6.45, 7) is 0.462. The molecule has 1 heterocycles. The maximum absolute atomic E-state index is 13.7. The monoisotopic (exact) mass is 285 g/mol. The number of benzene rings is 1. The fourth-order valence-electron chi connectivity index (χ4n) is 2.45. The number of amides is 1. The molecule has 1 N–H and O–H groups in total. The van der Waals surface area contributed by atoms with Crippen LogP contribution in [0.15, 0.2) is 18.2 Å². The Morgan fingerprint density at radius 1 is 1.42 bits per heavy atom. The van der Waals surface area contributed by atoms with Gasteiger partial charge in [-0.3, -0.25) is 4.79 Å². The number of aliphatic hydroxyl groups is 1. The van der Waals surface area contributed by atoms with Gasteiger partial charge >= 0.3 is 0 Å². The van der Waals surface area contributed by atoms with E-state index in [0.29, 0.717) is 11.6 Å². The van der Waals surface area contributed by atoms with Crippen LogP contribution in [0.5, 0.6) is 0 Å². The van der Waals surface area contributed by atoms with Gasteiger partial charge in [0.1, 0.15) is 5.82 Å². The van der Waals surface area contributed by atoms with Crippen molar-refractivity contribution in [3.63, 3.8) is 0 Å². The van der Waals surface area contributed by atoms with Crippen LogP contribution in [0.1, 0.15) is 36.0 Å². The fourth-order valence-corrected chi connectivity index (χ4v) is 2.62. The van der Waals surface area contributed by atoms with Gasteiger partial charge < -0.3 is 10.0 Å². The van der Waals surface area contributed by atoms with Crippen LogP contribution in [0, 0.1) is 5.82 Å². The van der Waals surface area contributed by atoms with E-state index in [4.69, 9.17) is 11.6 Å². The number of halogens is 2. The van der Waals surface area contributed by atoms with E-state index in [1.807, 2.05) is 0 Å². The second kappa shape index (κ2) is 6.35. The van der Waals surface area contributed by atoms with E-state index in [9.17, 15) is 14.3 Å². The number of aliphatic hydroxyl groups excluding tert-OH is 1. The van der Waals surface area contributed by atoms with Crippen molar-refractivity contribution in [1.82, 2.24) is 4.90 Å². The summed E-state index contributed by atoms with van der Waals surface area (Å²) in [6.07, 6.45) is 3.64. The summed E-state index contributed by atoms with van der Waals surface area (Å²) >= 11 is 5.82. The molecule has 3 nitrogen and oxygen atoms in total. The summed E-state index contributed by atoms with van der Waals surface area (Å²) in [4.78, 5) is 14.0. The SMILES string of the molecule is O=C(c1cc(Cl)ccc1F)N1CCCCCC1CO. The Morgan fingerprint density at radius 2 is 2.21 bits per heavy atom. The van der Waals surface area contributed by atoms with Crippen molar-refractivity contribution in [2.45, 2.75) is 31.7 Å². The van der Waals surface area contributed by atoms with Gasteiger partial charge in [0.15, 0.2) is 0 Å². The summed E-state index contributed by atoms with van der Waals surface area (Å²) in [7, 11) is 0. The van der Waals surface area contributed by atoms with E-state index in [-0.39, 0.29) is 24.1 Å². The molecular formula is C14H17ClFNO2. The maximum Gasteiger partial charge on any atom is 0.257 e. The molecule has 1 amide bonds. The van der Waals surface area contributed by atoms with Gasteiger partial charge in [0.2, 0.25) is 0 Å². The third kappa shape index (κ3) is 3.25. The highest BCUT2D eigenvalue weighted by molar-refractivity contribution is 6.31. The van der Waals surface area contributed by atoms with Crippen LogP contribution >= 0.6 is 11.6 Å². The molecule has 5 heteroatoms. The van der Waals surface area contributed by atoms with Crippen molar-refractivity contribution in [3.8, 4) is 0 Å². The van der Waals surface area contributed by atoms with Gasteiger partial charge in [-0.05, 0) is 31.0 Å². The van der Waals surface area contributed by atoms with Gasteiger partial charge in [0, 0.05) is 11.6 Å². The van der Waals surface area contributed by atoms with Crippen LogP contribution < -0.4 is 0 Å². The highest BCUT2D eigenvalue weighted by Crippen LogP contribution is 2.22. The first-order valence-electron chi connectivity index (χ1n) is 6.50. The third-order valence-corrected chi connectivity index (χ3v) is 3.74. The maximum atomic E-state index is 13.7. The van der Waals surface area contributed by atoms with E-state index in [2.05, 4.69) is 0 Å². The molecule has 2 rings (SSSR count). The molecule has 0 spiro atoms. The average molecular weight is 286 g/mol. The summed E-state index contributed by atoms with van der Waals surface area (Å²) in [6, 6.07) is 3.73. The fraction of sp³-hybridized carbons (Fsp3) is 0.500. The van der Waals surface area contributed by atoms with Crippen LogP contribution in [0.4, 0.5) is 4.39 Å². The predicted molar refractivity (Wildman–Crippen MR) is 71.8 cm³/mol. The number of likely N-dealkylation sites (tertiary alicyclic amines) is 1. The predicted octanol–water partition coefficient (Wildman–Crippen LogP) is 2.86. The topological polar surface area (TPSA) is 40.5 Å². The second-order valence-electron chi connectivity index (χ2n) is 4.81. The van der Waals surface area contributed by atoms with Gasteiger partial charge in [-0.25, -0.2) is 4.39 Å². The third-order valence-electron chi connectivity index (χ3n) is 3.51. The molecule has 1 fully saturated rings. The molecular weight excluding hydrogens is 269 g/mol. The van der Waals surface area contributed by atoms with Gasteiger partial charge in [-0.1, -0.05) is 24.4 Å². The lowest BCUT2D eigenvalue weighted by molar-refractivity contribution is 0.0595. The van der Waals surface area contributed by atoms with Crippen molar-refractivity contribution in [3.05, 3.63) is 34.6 Å². The molecule has 1 unspecified atom stereocenters. The summed E-state index contributed by atoms with van der Waals surface area (Å²) < 4.78 is 13.7. The molecule has 104 valence electrons. The van der Waals surface area contributed by atoms with Crippen LogP contribution in [0.25, 0.3) is 0 Å². The number of carbonyl (C=O) groups is 1. The van der Waals surface area contributed by atoms with E-state index in [0.717, 1.165) is 25.7 Å². The number of hydrogen-bond acceptors (Lipinski definition) is 2. The molecule has 1 aliphatic heterocycles. The van der Waals surface area contributed by atoms with E-state index < -0.39 is 5.82 Å². The van der Waals surface area contributed by atoms with Crippen molar-refractivity contribution in [2.75, 3.05) is 13.2 Å². The van der Waals surface area contributed by atoms with E-state index >= 15 is 0 Å².